The van der Waals surface area contributed by atoms with Crippen molar-refractivity contribution in [2.75, 3.05) is 0 Å². The van der Waals surface area contributed by atoms with E-state index in [1.54, 1.807) is 0 Å². The van der Waals surface area contributed by atoms with Gasteiger partial charge in [-0.3, -0.25) is 5.32 Å². The van der Waals surface area contributed by atoms with Crippen molar-refractivity contribution >= 4 is 11.8 Å². The Balaban J connectivity index is 1.89. The molecule has 0 aromatic rings. The van der Waals surface area contributed by atoms with Gasteiger partial charge in [-0.2, -0.15) is 0 Å². The molecule has 15 heavy (non-hydrogen) atoms. The molecule has 0 aromatic carbocycles. The van der Waals surface area contributed by atoms with Crippen molar-refractivity contribution < 1.29 is 0 Å². The minimum Gasteiger partial charge on any atom is -0.263 e. The molecule has 2 aliphatic rings. The Morgan fingerprint density at radius 2 is 1.67 bits per heavy atom. The molecule has 0 unspecified atom stereocenters. The van der Waals surface area contributed by atoms with Crippen molar-refractivity contribution in [2.45, 2.75) is 51.4 Å². The lowest BCUT2D eigenvalue weighted by Crippen LogP contribution is -2.05. The maximum atomic E-state index is 4.25. The van der Waals surface area contributed by atoms with Crippen LogP contribution in [0.15, 0.2) is 22.7 Å². The Kier molecular flexibility index (Phi) is 4.65. The first-order valence-electron chi connectivity index (χ1n) is 6.18. The molecule has 0 spiro atoms. The Labute approximate surface area is 97.4 Å². The van der Waals surface area contributed by atoms with Crippen molar-refractivity contribution in [2.24, 2.45) is 5.92 Å². The average molecular weight is 222 g/mol. The second-order valence-electron chi connectivity index (χ2n) is 4.48. The number of allylic oxidation sites excluding steroid dienone is 1. The molecule has 2 heteroatoms. The summed E-state index contributed by atoms with van der Waals surface area (Å²) in [5.41, 5.74) is 0. The third-order valence-electron chi connectivity index (χ3n) is 3.31. The van der Waals surface area contributed by atoms with Gasteiger partial charge in [-0.1, -0.05) is 50.3 Å². The van der Waals surface area contributed by atoms with E-state index in [4.69, 9.17) is 0 Å². The number of hydrogen-bond donors (Lipinski definition) is 0. The lowest BCUT2D eigenvalue weighted by molar-refractivity contribution is 0.502. The molecule has 1 fully saturated rings. The van der Waals surface area contributed by atoms with Crippen LogP contribution in [0.5, 0.6) is 0 Å². The molecule has 1 aliphatic carbocycles. The molecule has 1 aliphatic heterocycles. The van der Waals surface area contributed by atoms with Crippen molar-refractivity contribution in [3.63, 3.8) is 0 Å². The molecule has 2 rings (SSSR count). The van der Waals surface area contributed by atoms with Crippen LogP contribution in [-0.4, -0.2) is 0 Å². The Hall–Kier alpha value is -0.370. The van der Waals surface area contributed by atoms with E-state index in [0.717, 1.165) is 5.92 Å². The molecule has 0 aromatic heterocycles. The summed E-state index contributed by atoms with van der Waals surface area (Å²) in [4.78, 5) is 1.50. The quantitative estimate of drug-likeness (QED) is 0.641. The maximum absolute atomic E-state index is 4.25. The van der Waals surface area contributed by atoms with Gasteiger partial charge >= 0.3 is 0 Å². The van der Waals surface area contributed by atoms with Gasteiger partial charge in [0.15, 0.2) is 0 Å². The number of nitrogens with zero attached hydrogens (tertiary/aromatic N) is 1. The Bertz CT molecular complexity index is 235. The van der Waals surface area contributed by atoms with E-state index in [2.05, 4.69) is 16.9 Å². The fourth-order valence-corrected chi connectivity index (χ4v) is 3.25. The van der Waals surface area contributed by atoms with Crippen molar-refractivity contribution in [1.29, 1.82) is 0 Å². The normalized spacial score (nSPS) is 24.7. The van der Waals surface area contributed by atoms with Crippen LogP contribution in [0.2, 0.25) is 0 Å². The first-order valence-corrected chi connectivity index (χ1v) is 7.06. The van der Waals surface area contributed by atoms with E-state index in [1.807, 2.05) is 18.0 Å². The minimum absolute atomic E-state index is 0.793. The molecule has 0 bridgehead atoms. The molecule has 0 amide bonds. The van der Waals surface area contributed by atoms with E-state index in [-0.39, 0.29) is 0 Å². The second kappa shape index (κ2) is 6.26. The van der Waals surface area contributed by atoms with Gasteiger partial charge in [0, 0.05) is 17.3 Å². The highest BCUT2D eigenvalue weighted by Gasteiger charge is 2.16. The molecule has 1 nitrogen and oxygen atoms in total. The molecule has 1 radical (unpaired) electrons. The lowest BCUT2D eigenvalue weighted by atomic mass is 9.96. The van der Waals surface area contributed by atoms with Gasteiger partial charge < -0.3 is 0 Å². The monoisotopic (exact) mass is 222 g/mol. The fraction of sp³-hybridized carbons (Fsp3) is 0.692. The van der Waals surface area contributed by atoms with Gasteiger partial charge in [0.1, 0.15) is 0 Å². The average Bonchev–Trinajstić information content (AvgIpc) is 2.43. The maximum Gasteiger partial charge on any atom is 0.0369 e. The van der Waals surface area contributed by atoms with Gasteiger partial charge in [0.05, 0.1) is 0 Å². The number of hydrogen-bond acceptors (Lipinski definition) is 1. The molecular weight excluding hydrogens is 202 g/mol. The highest BCUT2D eigenvalue weighted by molar-refractivity contribution is 8.05. The van der Waals surface area contributed by atoms with E-state index < -0.39 is 0 Å². The summed E-state index contributed by atoms with van der Waals surface area (Å²) in [5, 5.41) is 6.36. The Morgan fingerprint density at radius 1 is 1.00 bits per heavy atom. The largest absolute Gasteiger partial charge is 0.263 e. The zero-order valence-corrected chi connectivity index (χ0v) is 10.1. The summed E-state index contributed by atoms with van der Waals surface area (Å²) in [6.07, 6.45) is 15.3. The molecule has 0 saturated heterocycles. The summed E-state index contributed by atoms with van der Waals surface area (Å²) in [7, 11) is 0. The molecule has 83 valence electrons. The minimum atomic E-state index is 0.793. The summed E-state index contributed by atoms with van der Waals surface area (Å²) >= 11 is 1.88. The van der Waals surface area contributed by atoms with Gasteiger partial charge in [-0.05, 0) is 24.2 Å². The van der Waals surface area contributed by atoms with Crippen molar-refractivity contribution in [3.8, 4) is 0 Å². The SMILES string of the molecule is C1=CSC(C2CCCCCCCC2)=C[N]1. The van der Waals surface area contributed by atoms with E-state index in [0.29, 0.717) is 0 Å². The van der Waals surface area contributed by atoms with Crippen LogP contribution in [-0.2, 0) is 0 Å². The Morgan fingerprint density at radius 3 is 2.27 bits per heavy atom. The van der Waals surface area contributed by atoms with Crippen LogP contribution in [0.25, 0.3) is 0 Å². The van der Waals surface area contributed by atoms with Crippen LogP contribution in [0, 0.1) is 5.92 Å². The second-order valence-corrected chi connectivity index (χ2v) is 5.46. The molecule has 1 heterocycles. The fourth-order valence-electron chi connectivity index (χ4n) is 2.41. The number of rotatable bonds is 1. The van der Waals surface area contributed by atoms with Crippen LogP contribution in [0.4, 0.5) is 0 Å². The first kappa shape index (κ1) is 11.1. The molecule has 0 N–H and O–H groups in total. The van der Waals surface area contributed by atoms with Gasteiger partial charge in [0.25, 0.3) is 0 Å². The van der Waals surface area contributed by atoms with Crippen LogP contribution >= 0.6 is 11.8 Å². The van der Waals surface area contributed by atoms with Crippen LogP contribution < -0.4 is 5.32 Å². The third kappa shape index (κ3) is 3.60. The predicted molar refractivity (Wildman–Crippen MR) is 67.4 cm³/mol. The zero-order valence-electron chi connectivity index (χ0n) is 9.32. The van der Waals surface area contributed by atoms with Gasteiger partial charge in [0.2, 0.25) is 0 Å². The molecule has 0 atom stereocenters. The highest BCUT2D eigenvalue weighted by atomic mass is 32.2. The highest BCUT2D eigenvalue weighted by Crippen LogP contribution is 2.35. The van der Waals surface area contributed by atoms with E-state index in [9.17, 15) is 0 Å². The van der Waals surface area contributed by atoms with Gasteiger partial charge in [-0.25, -0.2) is 0 Å². The smallest absolute Gasteiger partial charge is 0.0369 e. The first-order chi connectivity index (χ1) is 7.47. The lowest BCUT2D eigenvalue weighted by Gasteiger charge is -2.19. The summed E-state index contributed by atoms with van der Waals surface area (Å²) in [6, 6.07) is 0. The van der Waals surface area contributed by atoms with Gasteiger partial charge in [-0.15, -0.1) is 0 Å². The third-order valence-corrected chi connectivity index (χ3v) is 4.28. The van der Waals surface area contributed by atoms with Crippen molar-refractivity contribution in [3.05, 3.63) is 22.7 Å². The summed E-state index contributed by atoms with van der Waals surface area (Å²) in [5.74, 6) is 0.793. The van der Waals surface area contributed by atoms with E-state index in [1.165, 1.54) is 56.3 Å². The van der Waals surface area contributed by atoms with Crippen molar-refractivity contribution in [1.82, 2.24) is 5.32 Å². The predicted octanol–water partition coefficient (Wildman–Crippen LogP) is 4.40. The standard InChI is InChI=1S/C13H20NS/c1-2-4-6-8-12(7-5-3-1)13-11-14-9-10-15-13/h9-12H,1-8H2. The van der Waals surface area contributed by atoms with Crippen LogP contribution in [0.3, 0.4) is 0 Å². The topological polar surface area (TPSA) is 14.1 Å². The zero-order chi connectivity index (χ0) is 10.3. The molecule has 1 saturated carbocycles. The molecular formula is C13H20NS. The van der Waals surface area contributed by atoms with E-state index >= 15 is 0 Å². The number of thioether (sulfide) groups is 1. The summed E-state index contributed by atoms with van der Waals surface area (Å²) in [6.45, 7) is 0. The van der Waals surface area contributed by atoms with Crippen LogP contribution in [0.1, 0.15) is 51.4 Å². The summed E-state index contributed by atoms with van der Waals surface area (Å²) < 4.78 is 0.